The van der Waals surface area contributed by atoms with E-state index in [1.54, 1.807) is 18.2 Å². The number of unbranched alkanes of at least 4 members (excludes halogenated alkanes) is 1. The second-order valence-corrected chi connectivity index (χ2v) is 4.43. The van der Waals surface area contributed by atoms with Gasteiger partial charge >= 0.3 is 6.18 Å². The molecule has 0 amide bonds. The molecule has 112 valence electrons. The van der Waals surface area contributed by atoms with E-state index in [1.165, 1.54) is 0 Å². The fourth-order valence-corrected chi connectivity index (χ4v) is 1.71. The van der Waals surface area contributed by atoms with E-state index in [4.69, 9.17) is 10.9 Å². The van der Waals surface area contributed by atoms with Crippen molar-refractivity contribution in [3.63, 3.8) is 0 Å². The van der Waals surface area contributed by atoms with Gasteiger partial charge in [0.1, 0.15) is 0 Å². The summed E-state index contributed by atoms with van der Waals surface area (Å²) in [7, 11) is 0. The third-order valence-corrected chi connectivity index (χ3v) is 2.72. The quantitative estimate of drug-likeness (QED) is 0.237. The lowest BCUT2D eigenvalue weighted by Gasteiger charge is -2.08. The maximum atomic E-state index is 11.9. The van der Waals surface area contributed by atoms with Crippen molar-refractivity contribution in [2.45, 2.75) is 32.0 Å². The van der Waals surface area contributed by atoms with E-state index >= 15 is 0 Å². The summed E-state index contributed by atoms with van der Waals surface area (Å²) >= 11 is 0. The molecule has 1 aromatic rings. The summed E-state index contributed by atoms with van der Waals surface area (Å²) in [4.78, 5) is 0. The largest absolute Gasteiger partial charge is 0.409 e. The van der Waals surface area contributed by atoms with Crippen LogP contribution < -0.4 is 11.1 Å². The van der Waals surface area contributed by atoms with Crippen molar-refractivity contribution < 1.29 is 18.4 Å². The summed E-state index contributed by atoms with van der Waals surface area (Å²) in [5.74, 6) is 0.0250. The highest BCUT2D eigenvalue weighted by atomic mass is 19.4. The molecule has 0 saturated heterocycles. The molecule has 0 saturated carbocycles. The molecule has 0 unspecified atom stereocenters. The lowest BCUT2D eigenvalue weighted by Crippen LogP contribution is -2.17. The number of alkyl halides is 3. The highest BCUT2D eigenvalue weighted by Gasteiger charge is 2.25. The second kappa shape index (κ2) is 7.74. The smallest absolute Gasteiger partial charge is 0.389 e. The first-order valence-electron chi connectivity index (χ1n) is 6.26. The molecule has 1 aromatic carbocycles. The molecule has 0 aromatic heterocycles. The van der Waals surface area contributed by atoms with Gasteiger partial charge in [-0.2, -0.15) is 13.2 Å². The number of nitrogens with two attached hydrogens (primary N) is 1. The average Bonchev–Trinajstić information content (AvgIpc) is 2.41. The molecule has 0 aliphatic rings. The number of nitrogens with zero attached hydrogens (tertiary/aromatic N) is 1. The highest BCUT2D eigenvalue weighted by molar-refractivity contribution is 5.97. The number of oxime groups is 1. The van der Waals surface area contributed by atoms with Crippen molar-refractivity contribution >= 4 is 5.84 Å². The van der Waals surface area contributed by atoms with E-state index in [9.17, 15) is 13.2 Å². The average molecular weight is 289 g/mol. The molecule has 0 radical (unpaired) electrons. The Kier molecular flexibility index (Phi) is 6.30. The topological polar surface area (TPSA) is 70.6 Å². The van der Waals surface area contributed by atoms with Crippen LogP contribution in [-0.4, -0.2) is 23.8 Å². The predicted octanol–water partition coefficient (Wildman–Crippen LogP) is 2.60. The van der Waals surface area contributed by atoms with E-state index in [0.29, 0.717) is 25.1 Å². The van der Waals surface area contributed by atoms with Gasteiger partial charge < -0.3 is 16.3 Å². The lowest BCUT2D eigenvalue weighted by molar-refractivity contribution is -0.135. The molecule has 4 N–H and O–H groups in total. The Labute approximate surface area is 115 Å². The number of rotatable bonds is 7. The SMILES string of the molecule is N/C(=N/O)c1cccc(CNCCCCC(F)(F)F)c1. The van der Waals surface area contributed by atoms with E-state index in [2.05, 4.69) is 10.5 Å². The monoisotopic (exact) mass is 289 g/mol. The van der Waals surface area contributed by atoms with Crippen LogP contribution >= 0.6 is 0 Å². The van der Waals surface area contributed by atoms with Gasteiger partial charge in [-0.3, -0.25) is 0 Å². The van der Waals surface area contributed by atoms with E-state index < -0.39 is 12.6 Å². The third kappa shape index (κ3) is 6.42. The van der Waals surface area contributed by atoms with Crippen molar-refractivity contribution in [1.82, 2.24) is 5.32 Å². The van der Waals surface area contributed by atoms with Crippen molar-refractivity contribution in [3.8, 4) is 0 Å². The van der Waals surface area contributed by atoms with Gasteiger partial charge in [-0.15, -0.1) is 0 Å². The first-order chi connectivity index (χ1) is 9.42. The number of halogens is 3. The summed E-state index contributed by atoms with van der Waals surface area (Å²) in [6, 6.07) is 7.10. The zero-order valence-corrected chi connectivity index (χ0v) is 11.0. The van der Waals surface area contributed by atoms with Crippen LogP contribution in [0.25, 0.3) is 0 Å². The first kappa shape index (κ1) is 16.3. The van der Waals surface area contributed by atoms with E-state index in [1.807, 2.05) is 6.07 Å². The fourth-order valence-electron chi connectivity index (χ4n) is 1.71. The first-order valence-corrected chi connectivity index (χ1v) is 6.26. The molecular formula is C13H18F3N3O. The lowest BCUT2D eigenvalue weighted by atomic mass is 10.1. The Morgan fingerprint density at radius 1 is 1.30 bits per heavy atom. The second-order valence-electron chi connectivity index (χ2n) is 4.43. The summed E-state index contributed by atoms with van der Waals surface area (Å²) in [6.45, 7) is 1.04. The standard InChI is InChI=1S/C13H18F3N3O/c14-13(15,16)6-1-2-7-18-9-10-4-3-5-11(8-10)12(17)19-20/h3-5,8,18,20H,1-2,6-7,9H2,(H2,17,19). The minimum Gasteiger partial charge on any atom is -0.409 e. The predicted molar refractivity (Wildman–Crippen MR) is 70.6 cm³/mol. The zero-order chi connectivity index (χ0) is 15.0. The van der Waals surface area contributed by atoms with Crippen LogP contribution in [0.1, 0.15) is 30.4 Å². The maximum Gasteiger partial charge on any atom is 0.389 e. The van der Waals surface area contributed by atoms with Gasteiger partial charge in [0.25, 0.3) is 0 Å². The van der Waals surface area contributed by atoms with Gasteiger partial charge in [0.15, 0.2) is 5.84 Å². The molecule has 0 atom stereocenters. The zero-order valence-electron chi connectivity index (χ0n) is 11.0. The molecule has 4 nitrogen and oxygen atoms in total. The van der Waals surface area contributed by atoms with Crippen molar-refractivity contribution in [1.29, 1.82) is 0 Å². The Bertz CT molecular complexity index is 447. The minimum absolute atomic E-state index is 0.0250. The maximum absolute atomic E-state index is 11.9. The van der Waals surface area contributed by atoms with Crippen LogP contribution in [0.15, 0.2) is 29.4 Å². The molecule has 0 bridgehead atoms. The van der Waals surface area contributed by atoms with Crippen molar-refractivity contribution in [3.05, 3.63) is 35.4 Å². The molecule has 1 rings (SSSR count). The fraction of sp³-hybridized carbons (Fsp3) is 0.462. The van der Waals surface area contributed by atoms with Gasteiger partial charge in [-0.25, -0.2) is 0 Å². The Balaban J connectivity index is 2.29. The Morgan fingerprint density at radius 3 is 2.70 bits per heavy atom. The summed E-state index contributed by atoms with van der Waals surface area (Å²) in [6.07, 6.45) is -4.22. The van der Waals surface area contributed by atoms with Gasteiger partial charge in [-0.05, 0) is 31.0 Å². The summed E-state index contributed by atoms with van der Waals surface area (Å²) in [5, 5.41) is 14.5. The van der Waals surface area contributed by atoms with Crippen LogP contribution in [0.5, 0.6) is 0 Å². The van der Waals surface area contributed by atoms with E-state index in [0.717, 1.165) is 5.56 Å². The number of hydrogen-bond acceptors (Lipinski definition) is 3. The molecule has 0 fully saturated rings. The van der Waals surface area contributed by atoms with E-state index in [-0.39, 0.29) is 12.3 Å². The molecule has 20 heavy (non-hydrogen) atoms. The van der Waals surface area contributed by atoms with Gasteiger partial charge in [-0.1, -0.05) is 23.4 Å². The van der Waals surface area contributed by atoms with Gasteiger partial charge in [0, 0.05) is 18.5 Å². The van der Waals surface area contributed by atoms with Crippen molar-refractivity contribution in [2.75, 3.05) is 6.54 Å². The molecule has 7 heteroatoms. The third-order valence-electron chi connectivity index (χ3n) is 2.72. The van der Waals surface area contributed by atoms with Crippen LogP contribution in [0.4, 0.5) is 13.2 Å². The van der Waals surface area contributed by atoms with Crippen LogP contribution in [0, 0.1) is 0 Å². The minimum atomic E-state index is -4.07. The normalized spacial score (nSPS) is 12.7. The highest BCUT2D eigenvalue weighted by Crippen LogP contribution is 2.21. The van der Waals surface area contributed by atoms with Crippen molar-refractivity contribution in [2.24, 2.45) is 10.9 Å². The van der Waals surface area contributed by atoms with Gasteiger partial charge in [0.05, 0.1) is 0 Å². The number of hydrogen-bond donors (Lipinski definition) is 3. The Hall–Kier alpha value is -1.76. The number of nitrogens with one attached hydrogen (secondary N) is 1. The molecule has 0 spiro atoms. The summed E-state index contributed by atoms with van der Waals surface area (Å²) < 4.78 is 35.8. The molecule has 0 heterocycles. The summed E-state index contributed by atoms with van der Waals surface area (Å²) in [5.41, 5.74) is 6.99. The van der Waals surface area contributed by atoms with Crippen LogP contribution in [0.3, 0.4) is 0 Å². The molecule has 0 aliphatic heterocycles. The van der Waals surface area contributed by atoms with Gasteiger partial charge in [0.2, 0.25) is 0 Å². The number of benzene rings is 1. The van der Waals surface area contributed by atoms with Crippen LogP contribution in [0.2, 0.25) is 0 Å². The molecule has 0 aliphatic carbocycles. The molecular weight excluding hydrogens is 271 g/mol. The Morgan fingerprint density at radius 2 is 2.05 bits per heavy atom. The number of amidine groups is 1. The van der Waals surface area contributed by atoms with Crippen LogP contribution in [-0.2, 0) is 6.54 Å².